The third-order valence-corrected chi connectivity index (χ3v) is 5.42. The number of carbonyl (C=O) groups excluding carboxylic acids is 2. The maximum atomic E-state index is 12.5. The molecule has 0 aliphatic heterocycles. The second-order valence-corrected chi connectivity index (χ2v) is 7.71. The SMILES string of the molecule is COc1ccc(C(N)=O)cc1NC(=O)CSc1nnc(C)n1-c1cc(C)ccc1C. The molecule has 3 N–H and O–H groups in total. The highest BCUT2D eigenvalue weighted by molar-refractivity contribution is 7.99. The van der Waals surface area contributed by atoms with Gasteiger partial charge < -0.3 is 15.8 Å². The van der Waals surface area contributed by atoms with Crippen LogP contribution in [0.3, 0.4) is 0 Å². The number of amides is 2. The first kappa shape index (κ1) is 21.4. The van der Waals surface area contributed by atoms with Crippen molar-refractivity contribution in [3.05, 3.63) is 58.9 Å². The van der Waals surface area contributed by atoms with Gasteiger partial charge in [-0.1, -0.05) is 23.9 Å². The van der Waals surface area contributed by atoms with Crippen LogP contribution in [0.5, 0.6) is 5.75 Å². The first-order valence-corrected chi connectivity index (χ1v) is 10.2. The lowest BCUT2D eigenvalue weighted by Crippen LogP contribution is -2.17. The highest BCUT2D eigenvalue weighted by Crippen LogP contribution is 2.27. The van der Waals surface area contributed by atoms with Crippen molar-refractivity contribution in [3.8, 4) is 11.4 Å². The van der Waals surface area contributed by atoms with Crippen molar-refractivity contribution in [3.63, 3.8) is 0 Å². The van der Waals surface area contributed by atoms with Gasteiger partial charge in [-0.2, -0.15) is 0 Å². The number of aromatic nitrogens is 3. The monoisotopic (exact) mass is 425 g/mol. The Morgan fingerprint density at radius 3 is 2.60 bits per heavy atom. The highest BCUT2D eigenvalue weighted by atomic mass is 32.2. The van der Waals surface area contributed by atoms with E-state index in [0.29, 0.717) is 16.6 Å². The number of benzene rings is 2. The van der Waals surface area contributed by atoms with Gasteiger partial charge in [0.15, 0.2) is 5.16 Å². The maximum absolute atomic E-state index is 12.5. The smallest absolute Gasteiger partial charge is 0.248 e. The van der Waals surface area contributed by atoms with E-state index in [9.17, 15) is 9.59 Å². The molecule has 2 amide bonds. The Bertz CT molecular complexity index is 1110. The van der Waals surface area contributed by atoms with Gasteiger partial charge in [-0.15, -0.1) is 10.2 Å². The van der Waals surface area contributed by atoms with E-state index in [4.69, 9.17) is 10.5 Å². The summed E-state index contributed by atoms with van der Waals surface area (Å²) in [5, 5.41) is 11.8. The van der Waals surface area contributed by atoms with E-state index in [1.807, 2.05) is 37.5 Å². The lowest BCUT2D eigenvalue weighted by atomic mass is 10.1. The molecule has 0 aliphatic rings. The molecule has 1 aromatic heterocycles. The Labute approximate surface area is 178 Å². The summed E-state index contributed by atoms with van der Waals surface area (Å²) in [5.41, 5.74) is 9.18. The van der Waals surface area contributed by atoms with Crippen molar-refractivity contribution in [2.45, 2.75) is 25.9 Å². The average Bonchev–Trinajstić information content (AvgIpc) is 3.08. The number of nitrogens with zero attached hydrogens (tertiary/aromatic N) is 3. The number of aryl methyl sites for hydroxylation is 3. The van der Waals surface area contributed by atoms with Gasteiger partial charge in [0.25, 0.3) is 0 Å². The summed E-state index contributed by atoms with van der Waals surface area (Å²) in [6.45, 7) is 5.92. The van der Waals surface area contributed by atoms with E-state index >= 15 is 0 Å². The molecule has 0 aliphatic carbocycles. The van der Waals surface area contributed by atoms with Gasteiger partial charge in [0.05, 0.1) is 24.2 Å². The molecular weight excluding hydrogens is 402 g/mol. The van der Waals surface area contributed by atoms with E-state index in [2.05, 4.69) is 21.6 Å². The van der Waals surface area contributed by atoms with Crippen LogP contribution in [0, 0.1) is 20.8 Å². The molecule has 3 rings (SSSR count). The number of hydrogen-bond donors (Lipinski definition) is 2. The summed E-state index contributed by atoms with van der Waals surface area (Å²) in [5.74, 6) is 0.426. The number of rotatable bonds is 7. The van der Waals surface area contributed by atoms with Crippen LogP contribution in [-0.2, 0) is 4.79 Å². The molecule has 156 valence electrons. The number of hydrogen-bond acceptors (Lipinski definition) is 6. The van der Waals surface area contributed by atoms with Gasteiger partial charge in [0, 0.05) is 5.56 Å². The topological polar surface area (TPSA) is 112 Å². The zero-order valence-corrected chi connectivity index (χ0v) is 18.0. The molecule has 0 saturated heterocycles. The van der Waals surface area contributed by atoms with E-state index < -0.39 is 5.91 Å². The van der Waals surface area contributed by atoms with E-state index in [-0.39, 0.29) is 17.2 Å². The van der Waals surface area contributed by atoms with Gasteiger partial charge >= 0.3 is 0 Å². The number of thioether (sulfide) groups is 1. The van der Waals surface area contributed by atoms with Crippen molar-refractivity contribution >= 4 is 29.3 Å². The summed E-state index contributed by atoms with van der Waals surface area (Å²) in [6.07, 6.45) is 0. The highest BCUT2D eigenvalue weighted by Gasteiger charge is 2.16. The van der Waals surface area contributed by atoms with Crippen LogP contribution in [0.2, 0.25) is 0 Å². The Kier molecular flexibility index (Phi) is 6.41. The average molecular weight is 426 g/mol. The number of methoxy groups -OCH3 is 1. The van der Waals surface area contributed by atoms with Crippen molar-refractivity contribution in [2.24, 2.45) is 5.73 Å². The van der Waals surface area contributed by atoms with Gasteiger partial charge in [0.2, 0.25) is 11.8 Å². The zero-order chi connectivity index (χ0) is 21.8. The van der Waals surface area contributed by atoms with Gasteiger partial charge in [-0.25, -0.2) is 0 Å². The number of nitrogens with one attached hydrogen (secondary N) is 1. The maximum Gasteiger partial charge on any atom is 0.248 e. The molecular formula is C21H23N5O3S. The van der Waals surface area contributed by atoms with Crippen LogP contribution in [0.1, 0.15) is 27.3 Å². The minimum atomic E-state index is -0.584. The lowest BCUT2D eigenvalue weighted by Gasteiger charge is -2.13. The third-order valence-electron chi connectivity index (χ3n) is 4.49. The van der Waals surface area contributed by atoms with Crippen LogP contribution in [0.25, 0.3) is 5.69 Å². The van der Waals surface area contributed by atoms with Gasteiger partial charge in [0.1, 0.15) is 11.6 Å². The number of ether oxygens (including phenoxy) is 1. The Morgan fingerprint density at radius 1 is 1.13 bits per heavy atom. The van der Waals surface area contributed by atoms with E-state index in [1.54, 1.807) is 12.1 Å². The summed E-state index contributed by atoms with van der Waals surface area (Å²) >= 11 is 1.27. The van der Waals surface area contributed by atoms with Gasteiger partial charge in [-0.05, 0) is 56.2 Å². The fourth-order valence-electron chi connectivity index (χ4n) is 2.95. The molecule has 0 bridgehead atoms. The minimum absolute atomic E-state index is 0.104. The molecule has 0 fully saturated rings. The Balaban J connectivity index is 1.78. The van der Waals surface area contributed by atoms with Crippen LogP contribution in [0.15, 0.2) is 41.6 Å². The molecule has 0 spiro atoms. The molecule has 0 saturated carbocycles. The first-order valence-electron chi connectivity index (χ1n) is 9.20. The molecule has 2 aromatic carbocycles. The minimum Gasteiger partial charge on any atom is -0.495 e. The van der Waals surface area contributed by atoms with Crippen LogP contribution >= 0.6 is 11.8 Å². The molecule has 0 atom stereocenters. The zero-order valence-electron chi connectivity index (χ0n) is 17.2. The quantitative estimate of drug-likeness (QED) is 0.563. The summed E-state index contributed by atoms with van der Waals surface area (Å²) in [6, 6.07) is 10.8. The van der Waals surface area contributed by atoms with Crippen LogP contribution in [0.4, 0.5) is 5.69 Å². The number of anilines is 1. The van der Waals surface area contributed by atoms with E-state index in [0.717, 1.165) is 22.6 Å². The first-order chi connectivity index (χ1) is 14.3. The number of primary amides is 1. The third kappa shape index (κ3) is 4.62. The van der Waals surface area contributed by atoms with E-state index in [1.165, 1.54) is 24.9 Å². The molecule has 8 nitrogen and oxygen atoms in total. The number of nitrogens with two attached hydrogens (primary N) is 1. The second kappa shape index (κ2) is 9.00. The summed E-state index contributed by atoms with van der Waals surface area (Å²) in [7, 11) is 1.49. The fourth-order valence-corrected chi connectivity index (χ4v) is 3.74. The fraction of sp³-hybridized carbons (Fsp3) is 0.238. The van der Waals surface area contributed by atoms with Crippen LogP contribution < -0.4 is 15.8 Å². The second-order valence-electron chi connectivity index (χ2n) is 6.77. The molecule has 3 aromatic rings. The standard InChI is InChI=1S/C21H23N5O3S/c1-12-5-6-13(2)17(9-12)26-14(3)24-25-21(26)30-11-19(27)23-16-10-15(20(22)28)7-8-18(16)29-4/h5-10H,11H2,1-4H3,(H2,22,28)(H,23,27). The normalized spacial score (nSPS) is 10.7. The molecule has 0 radical (unpaired) electrons. The predicted molar refractivity (Wildman–Crippen MR) is 116 cm³/mol. The van der Waals surface area contributed by atoms with Crippen molar-refractivity contribution in [1.82, 2.24) is 14.8 Å². The number of carbonyl (C=O) groups is 2. The molecule has 0 unspecified atom stereocenters. The largest absolute Gasteiger partial charge is 0.495 e. The molecule has 1 heterocycles. The Hall–Kier alpha value is -3.33. The Morgan fingerprint density at radius 2 is 1.90 bits per heavy atom. The molecule has 9 heteroatoms. The van der Waals surface area contributed by atoms with Gasteiger partial charge in [-0.3, -0.25) is 14.2 Å². The summed E-state index contributed by atoms with van der Waals surface area (Å²) in [4.78, 5) is 24.0. The van der Waals surface area contributed by atoms with Crippen molar-refractivity contribution in [2.75, 3.05) is 18.2 Å². The molecule has 30 heavy (non-hydrogen) atoms. The predicted octanol–water partition coefficient (Wildman–Crippen LogP) is 3.03. The summed E-state index contributed by atoms with van der Waals surface area (Å²) < 4.78 is 7.19. The van der Waals surface area contributed by atoms with Crippen molar-refractivity contribution < 1.29 is 14.3 Å². The lowest BCUT2D eigenvalue weighted by molar-refractivity contribution is -0.113. The van der Waals surface area contributed by atoms with Crippen molar-refractivity contribution in [1.29, 1.82) is 0 Å². The van der Waals surface area contributed by atoms with Crippen LogP contribution in [-0.4, -0.2) is 39.4 Å².